The molecule has 0 N–H and O–H groups in total. The average molecular weight is 328 g/mol. The first-order chi connectivity index (χ1) is 11.9. The van der Waals surface area contributed by atoms with Crippen LogP contribution < -0.4 is 0 Å². The average Bonchev–Trinajstić information content (AvgIpc) is 2.56. The minimum absolute atomic E-state index is 0.0433. The highest BCUT2D eigenvalue weighted by molar-refractivity contribution is 6.26. The quantitative estimate of drug-likeness (QED) is 0.343. The number of Topliss-reactive ketones (excluding diaryl/α,β-unsaturated/α-hetero) is 2. The molecule has 124 valence electrons. The molecule has 4 rings (SSSR count). The molecule has 1 aliphatic rings. The first-order valence-electron chi connectivity index (χ1n) is 8.63. The van der Waals surface area contributed by atoms with Gasteiger partial charge in [0.05, 0.1) is 5.57 Å². The number of hydrogen-bond acceptors (Lipinski definition) is 2. The van der Waals surface area contributed by atoms with Gasteiger partial charge in [0.2, 0.25) is 0 Å². The number of ketones is 2. The fourth-order valence-electron chi connectivity index (χ4n) is 3.79. The molecule has 3 aromatic carbocycles. The Labute approximate surface area is 147 Å². The third-order valence-corrected chi connectivity index (χ3v) is 4.98. The summed E-state index contributed by atoms with van der Waals surface area (Å²) in [5, 5.41) is 4.37. The van der Waals surface area contributed by atoms with E-state index in [0.29, 0.717) is 18.4 Å². The van der Waals surface area contributed by atoms with Gasteiger partial charge in [-0.2, -0.15) is 0 Å². The number of rotatable bonds is 1. The molecule has 2 heteroatoms. The van der Waals surface area contributed by atoms with E-state index in [0.717, 1.165) is 27.1 Å². The molecule has 0 aliphatic heterocycles. The summed E-state index contributed by atoms with van der Waals surface area (Å²) < 4.78 is 0. The Balaban J connectivity index is 1.99. The highest BCUT2D eigenvalue weighted by Crippen LogP contribution is 2.36. The van der Waals surface area contributed by atoms with Crippen LogP contribution in [0.2, 0.25) is 0 Å². The molecule has 0 amide bonds. The monoisotopic (exact) mass is 328 g/mol. The van der Waals surface area contributed by atoms with Crippen molar-refractivity contribution in [3.05, 3.63) is 65.7 Å². The summed E-state index contributed by atoms with van der Waals surface area (Å²) in [6.45, 7) is 3.96. The number of allylic oxidation sites excluding steroid dienone is 1. The molecule has 1 fully saturated rings. The van der Waals surface area contributed by atoms with Gasteiger partial charge in [0, 0.05) is 12.8 Å². The van der Waals surface area contributed by atoms with E-state index in [9.17, 15) is 9.59 Å². The lowest BCUT2D eigenvalue weighted by Crippen LogP contribution is -2.31. The van der Waals surface area contributed by atoms with Crippen molar-refractivity contribution in [2.75, 3.05) is 0 Å². The van der Waals surface area contributed by atoms with Crippen molar-refractivity contribution in [1.82, 2.24) is 0 Å². The van der Waals surface area contributed by atoms with Gasteiger partial charge in [0.1, 0.15) is 0 Å². The van der Waals surface area contributed by atoms with Crippen molar-refractivity contribution >= 4 is 39.2 Å². The van der Waals surface area contributed by atoms with E-state index in [-0.39, 0.29) is 17.0 Å². The topological polar surface area (TPSA) is 34.1 Å². The fourth-order valence-corrected chi connectivity index (χ4v) is 3.79. The Morgan fingerprint density at radius 2 is 1.28 bits per heavy atom. The highest BCUT2D eigenvalue weighted by atomic mass is 16.1. The van der Waals surface area contributed by atoms with E-state index >= 15 is 0 Å². The molecule has 0 spiro atoms. The molecule has 0 heterocycles. The van der Waals surface area contributed by atoms with Crippen LogP contribution >= 0.6 is 0 Å². The van der Waals surface area contributed by atoms with Gasteiger partial charge in [0.15, 0.2) is 11.6 Å². The predicted octanol–water partition coefficient (Wildman–Crippen LogP) is 5.33. The van der Waals surface area contributed by atoms with E-state index in [1.807, 2.05) is 44.2 Å². The van der Waals surface area contributed by atoms with Crippen molar-refractivity contribution in [3.63, 3.8) is 0 Å². The molecule has 0 atom stereocenters. The van der Waals surface area contributed by atoms with E-state index in [2.05, 4.69) is 30.3 Å². The van der Waals surface area contributed by atoms with Gasteiger partial charge in [-0.3, -0.25) is 9.59 Å². The summed E-state index contributed by atoms with van der Waals surface area (Å²) in [5.74, 6) is -0.0865. The fraction of sp³-hybridized carbons (Fsp3) is 0.217. The Hall–Kier alpha value is -2.74. The summed E-state index contributed by atoms with van der Waals surface area (Å²) >= 11 is 0. The van der Waals surface area contributed by atoms with Crippen LogP contribution in [-0.2, 0) is 9.59 Å². The van der Waals surface area contributed by atoms with Gasteiger partial charge in [-0.15, -0.1) is 0 Å². The number of carbonyl (C=O) groups excluding carboxylic acids is 2. The maximum atomic E-state index is 12.6. The highest BCUT2D eigenvalue weighted by Gasteiger charge is 2.35. The number of fused-ring (bicyclic) bond motifs is 2. The van der Waals surface area contributed by atoms with Crippen molar-refractivity contribution in [1.29, 1.82) is 0 Å². The zero-order valence-corrected chi connectivity index (χ0v) is 14.5. The maximum absolute atomic E-state index is 12.6. The van der Waals surface area contributed by atoms with Crippen LogP contribution in [0.25, 0.3) is 27.6 Å². The molecule has 0 aromatic heterocycles. The summed E-state index contributed by atoms with van der Waals surface area (Å²) in [5.41, 5.74) is 1.07. The molecule has 1 saturated carbocycles. The second kappa shape index (κ2) is 5.66. The molecule has 1 aliphatic carbocycles. The molecule has 0 bridgehead atoms. The normalized spacial score (nSPS) is 17.3. The van der Waals surface area contributed by atoms with Crippen LogP contribution in [0.5, 0.6) is 0 Å². The van der Waals surface area contributed by atoms with Crippen LogP contribution in [0.15, 0.2) is 60.2 Å². The lowest BCUT2D eigenvalue weighted by molar-refractivity contribution is -0.127. The number of hydrogen-bond donors (Lipinski definition) is 0. The summed E-state index contributed by atoms with van der Waals surface area (Å²) in [7, 11) is 0. The van der Waals surface area contributed by atoms with Gasteiger partial charge in [0.25, 0.3) is 0 Å². The zero-order chi connectivity index (χ0) is 17.6. The van der Waals surface area contributed by atoms with E-state index in [1.54, 1.807) is 0 Å². The standard InChI is InChI=1S/C23H20O2/c1-23(2)13-21(24)20(22(25)14-23)12-19-17-9-5-3-7-15(17)11-16-8-4-6-10-18(16)19/h3-12H,13-14H2,1-2H3. The molecule has 3 aromatic rings. The smallest absolute Gasteiger partial charge is 0.167 e. The molecule has 0 radical (unpaired) electrons. The second-order valence-corrected chi connectivity index (χ2v) is 7.65. The van der Waals surface area contributed by atoms with Gasteiger partial charge in [-0.1, -0.05) is 62.4 Å². The van der Waals surface area contributed by atoms with Crippen molar-refractivity contribution < 1.29 is 9.59 Å². The summed E-state index contributed by atoms with van der Waals surface area (Å²) in [6.07, 6.45) is 2.67. The van der Waals surface area contributed by atoms with Crippen LogP contribution in [-0.4, -0.2) is 11.6 Å². The van der Waals surface area contributed by atoms with Gasteiger partial charge in [-0.05, 0) is 44.7 Å². The Kier molecular flexibility index (Phi) is 3.57. The number of carbonyl (C=O) groups is 2. The SMILES string of the molecule is CC1(C)CC(=O)C(=Cc2c3ccccc3cc3ccccc23)C(=O)C1. The van der Waals surface area contributed by atoms with Crippen molar-refractivity contribution in [2.24, 2.45) is 5.41 Å². The lowest BCUT2D eigenvalue weighted by Gasteiger charge is -2.28. The van der Waals surface area contributed by atoms with Crippen LogP contribution in [0.1, 0.15) is 32.3 Å². The molecule has 2 nitrogen and oxygen atoms in total. The van der Waals surface area contributed by atoms with Crippen LogP contribution in [0.4, 0.5) is 0 Å². The molecular formula is C23H20O2. The number of benzene rings is 3. The van der Waals surface area contributed by atoms with E-state index < -0.39 is 0 Å². The molecule has 0 unspecified atom stereocenters. The Morgan fingerprint density at radius 1 is 0.800 bits per heavy atom. The summed E-state index contributed by atoms with van der Waals surface area (Å²) in [4.78, 5) is 25.2. The van der Waals surface area contributed by atoms with Gasteiger partial charge >= 0.3 is 0 Å². The first-order valence-corrected chi connectivity index (χ1v) is 8.63. The molecule has 25 heavy (non-hydrogen) atoms. The zero-order valence-electron chi connectivity index (χ0n) is 14.5. The predicted molar refractivity (Wildman–Crippen MR) is 102 cm³/mol. The third-order valence-electron chi connectivity index (χ3n) is 4.98. The third kappa shape index (κ3) is 2.78. The minimum atomic E-state index is -0.244. The minimum Gasteiger partial charge on any atom is -0.294 e. The molecular weight excluding hydrogens is 308 g/mol. The largest absolute Gasteiger partial charge is 0.294 e. The van der Waals surface area contributed by atoms with Crippen LogP contribution in [0.3, 0.4) is 0 Å². The summed E-state index contributed by atoms with van der Waals surface area (Å²) in [6, 6.07) is 18.4. The van der Waals surface area contributed by atoms with Crippen molar-refractivity contribution in [2.45, 2.75) is 26.7 Å². The van der Waals surface area contributed by atoms with Gasteiger partial charge in [-0.25, -0.2) is 0 Å². The van der Waals surface area contributed by atoms with E-state index in [4.69, 9.17) is 0 Å². The van der Waals surface area contributed by atoms with Crippen LogP contribution in [0, 0.1) is 5.41 Å². The van der Waals surface area contributed by atoms with E-state index in [1.165, 1.54) is 0 Å². The Morgan fingerprint density at radius 3 is 1.80 bits per heavy atom. The lowest BCUT2D eigenvalue weighted by atomic mass is 9.73. The van der Waals surface area contributed by atoms with Gasteiger partial charge < -0.3 is 0 Å². The van der Waals surface area contributed by atoms with Crippen molar-refractivity contribution in [3.8, 4) is 0 Å². The first kappa shape index (κ1) is 15.8. The molecule has 0 saturated heterocycles. The maximum Gasteiger partial charge on any atom is 0.167 e. The second-order valence-electron chi connectivity index (χ2n) is 7.65. The Bertz CT molecular complexity index is 978.